The average Bonchev–Trinajstić information content (AvgIpc) is 2.25. The fourth-order valence-electron chi connectivity index (χ4n) is 0.951. The van der Waals surface area contributed by atoms with Crippen LogP contribution < -0.4 is 10.6 Å². The van der Waals surface area contributed by atoms with Crippen molar-refractivity contribution in [3.05, 3.63) is 5.28 Å². The van der Waals surface area contributed by atoms with Gasteiger partial charge in [-0.15, -0.1) is 0 Å². The number of anilines is 2. The standard InChI is InChI=1S/C8H12ClF2N5O/c1-2-12-7-14-6(9)15-8(16-7)13-3-4(17)5(10)11/h4-5,17H,2-3H2,1H3,(H2,12,13,14,15,16). The van der Waals surface area contributed by atoms with Crippen molar-refractivity contribution in [2.24, 2.45) is 0 Å². The van der Waals surface area contributed by atoms with Gasteiger partial charge in [-0.3, -0.25) is 0 Å². The molecule has 0 aliphatic carbocycles. The molecule has 0 fully saturated rings. The predicted molar refractivity (Wildman–Crippen MR) is 59.5 cm³/mol. The SMILES string of the molecule is CCNc1nc(Cl)nc(NCC(O)C(F)F)n1. The van der Waals surface area contributed by atoms with Gasteiger partial charge < -0.3 is 15.7 Å². The Kier molecular flexibility index (Phi) is 5.23. The first-order valence-electron chi connectivity index (χ1n) is 4.88. The Labute approximate surface area is 101 Å². The topological polar surface area (TPSA) is 83.0 Å². The third-order valence-electron chi connectivity index (χ3n) is 1.70. The Morgan fingerprint density at radius 2 is 1.82 bits per heavy atom. The first kappa shape index (κ1) is 13.8. The fraction of sp³-hybridized carbons (Fsp3) is 0.625. The quantitative estimate of drug-likeness (QED) is 0.713. The smallest absolute Gasteiger partial charge is 0.265 e. The second-order valence-electron chi connectivity index (χ2n) is 3.06. The number of aliphatic hydroxyl groups excluding tert-OH is 1. The first-order valence-corrected chi connectivity index (χ1v) is 5.26. The minimum atomic E-state index is -2.83. The van der Waals surface area contributed by atoms with E-state index in [9.17, 15) is 8.78 Å². The van der Waals surface area contributed by atoms with Gasteiger partial charge in [0, 0.05) is 13.1 Å². The summed E-state index contributed by atoms with van der Waals surface area (Å²) in [6.07, 6.45) is -4.61. The molecule has 0 spiro atoms. The lowest BCUT2D eigenvalue weighted by Gasteiger charge is -2.11. The van der Waals surface area contributed by atoms with Crippen molar-refractivity contribution >= 4 is 23.5 Å². The molecule has 0 aliphatic heterocycles. The van der Waals surface area contributed by atoms with Crippen LogP contribution in [0.3, 0.4) is 0 Å². The fourth-order valence-corrected chi connectivity index (χ4v) is 1.11. The monoisotopic (exact) mass is 267 g/mol. The van der Waals surface area contributed by atoms with E-state index in [-0.39, 0.29) is 23.7 Å². The molecule has 0 saturated heterocycles. The van der Waals surface area contributed by atoms with E-state index in [0.717, 1.165) is 0 Å². The normalized spacial score (nSPS) is 12.6. The van der Waals surface area contributed by atoms with Crippen LogP contribution >= 0.6 is 11.6 Å². The van der Waals surface area contributed by atoms with E-state index in [4.69, 9.17) is 16.7 Å². The molecule has 6 nitrogen and oxygen atoms in total. The molecule has 3 N–H and O–H groups in total. The molecule has 0 saturated carbocycles. The van der Waals surface area contributed by atoms with Crippen molar-refractivity contribution in [1.82, 2.24) is 15.0 Å². The summed E-state index contributed by atoms with van der Waals surface area (Å²) in [5.41, 5.74) is 0. The van der Waals surface area contributed by atoms with Crippen molar-refractivity contribution in [1.29, 1.82) is 0 Å². The molecule has 96 valence electrons. The molecule has 1 rings (SSSR count). The zero-order chi connectivity index (χ0) is 12.8. The van der Waals surface area contributed by atoms with E-state index in [1.54, 1.807) is 0 Å². The maximum atomic E-state index is 12.0. The van der Waals surface area contributed by atoms with Gasteiger partial charge in [-0.1, -0.05) is 0 Å². The van der Waals surface area contributed by atoms with Gasteiger partial charge >= 0.3 is 0 Å². The Bertz CT molecular complexity index is 368. The lowest BCUT2D eigenvalue weighted by atomic mass is 10.4. The van der Waals surface area contributed by atoms with E-state index in [0.29, 0.717) is 6.54 Å². The number of nitrogens with zero attached hydrogens (tertiary/aromatic N) is 3. The molecule has 0 aromatic carbocycles. The Balaban J connectivity index is 2.64. The van der Waals surface area contributed by atoms with Gasteiger partial charge in [0.25, 0.3) is 6.43 Å². The largest absolute Gasteiger partial charge is 0.385 e. The molecule has 0 amide bonds. The first-order chi connectivity index (χ1) is 8.02. The number of hydrogen-bond donors (Lipinski definition) is 3. The van der Waals surface area contributed by atoms with E-state index < -0.39 is 12.5 Å². The van der Waals surface area contributed by atoms with Crippen LogP contribution in [0.15, 0.2) is 0 Å². The highest BCUT2D eigenvalue weighted by Crippen LogP contribution is 2.10. The zero-order valence-corrected chi connectivity index (χ0v) is 9.75. The predicted octanol–water partition coefficient (Wildman–Crippen LogP) is 0.995. The van der Waals surface area contributed by atoms with Gasteiger partial charge in [0.05, 0.1) is 0 Å². The molecule has 1 aromatic rings. The summed E-state index contributed by atoms with van der Waals surface area (Å²) in [5.74, 6) is 0.266. The summed E-state index contributed by atoms with van der Waals surface area (Å²) in [5, 5.41) is 14.1. The zero-order valence-electron chi connectivity index (χ0n) is 8.99. The Morgan fingerprint density at radius 1 is 1.24 bits per heavy atom. The van der Waals surface area contributed by atoms with Gasteiger partial charge in [0.2, 0.25) is 17.2 Å². The van der Waals surface area contributed by atoms with E-state index in [1.165, 1.54) is 0 Å². The number of nitrogens with one attached hydrogen (secondary N) is 2. The van der Waals surface area contributed by atoms with Crippen LogP contribution in [0.5, 0.6) is 0 Å². The summed E-state index contributed by atoms with van der Waals surface area (Å²) in [6, 6.07) is 0. The minimum absolute atomic E-state index is 0.0284. The number of hydrogen-bond acceptors (Lipinski definition) is 6. The van der Waals surface area contributed by atoms with Crippen LogP contribution in [0.2, 0.25) is 5.28 Å². The molecular formula is C8H12ClF2N5O. The summed E-state index contributed by atoms with van der Waals surface area (Å²) in [7, 11) is 0. The van der Waals surface area contributed by atoms with Gasteiger partial charge in [-0.25, -0.2) is 8.78 Å². The van der Waals surface area contributed by atoms with Gasteiger partial charge in [-0.2, -0.15) is 15.0 Å². The van der Waals surface area contributed by atoms with Crippen LogP contribution in [0, 0.1) is 0 Å². The highest BCUT2D eigenvalue weighted by Gasteiger charge is 2.16. The van der Waals surface area contributed by atoms with Crippen molar-refractivity contribution in [3.8, 4) is 0 Å². The third-order valence-corrected chi connectivity index (χ3v) is 1.87. The molecule has 17 heavy (non-hydrogen) atoms. The second-order valence-corrected chi connectivity index (χ2v) is 3.40. The third kappa shape index (κ3) is 4.61. The minimum Gasteiger partial charge on any atom is -0.385 e. The molecule has 1 atom stereocenters. The van der Waals surface area contributed by atoms with Crippen molar-refractivity contribution < 1.29 is 13.9 Å². The highest BCUT2D eigenvalue weighted by molar-refractivity contribution is 6.28. The van der Waals surface area contributed by atoms with E-state index in [2.05, 4.69) is 25.6 Å². The van der Waals surface area contributed by atoms with Crippen molar-refractivity contribution in [2.45, 2.75) is 19.5 Å². The summed E-state index contributed by atoms with van der Waals surface area (Å²) in [4.78, 5) is 11.3. The highest BCUT2D eigenvalue weighted by atomic mass is 35.5. The maximum absolute atomic E-state index is 12.0. The molecule has 1 heterocycles. The van der Waals surface area contributed by atoms with Crippen molar-refractivity contribution in [2.75, 3.05) is 23.7 Å². The van der Waals surface area contributed by atoms with Crippen molar-refractivity contribution in [3.63, 3.8) is 0 Å². The van der Waals surface area contributed by atoms with Crippen LogP contribution in [0.1, 0.15) is 6.92 Å². The molecule has 1 unspecified atom stereocenters. The lowest BCUT2D eigenvalue weighted by Crippen LogP contribution is -2.27. The number of aromatic nitrogens is 3. The van der Waals surface area contributed by atoms with Gasteiger partial charge in [0.1, 0.15) is 6.10 Å². The van der Waals surface area contributed by atoms with Gasteiger partial charge in [-0.05, 0) is 18.5 Å². The Hall–Kier alpha value is -1.28. The van der Waals surface area contributed by atoms with Crippen LogP contribution in [-0.2, 0) is 0 Å². The average molecular weight is 268 g/mol. The maximum Gasteiger partial charge on any atom is 0.265 e. The van der Waals surface area contributed by atoms with Gasteiger partial charge in [0.15, 0.2) is 0 Å². The number of rotatable bonds is 6. The number of halogens is 3. The van der Waals surface area contributed by atoms with E-state index >= 15 is 0 Å². The Morgan fingerprint density at radius 3 is 2.35 bits per heavy atom. The molecular weight excluding hydrogens is 256 g/mol. The van der Waals surface area contributed by atoms with Crippen LogP contribution in [0.4, 0.5) is 20.7 Å². The van der Waals surface area contributed by atoms with Crippen LogP contribution in [-0.4, -0.2) is 45.7 Å². The number of alkyl halides is 2. The summed E-state index contributed by atoms with van der Waals surface area (Å²) < 4.78 is 24.1. The summed E-state index contributed by atoms with van der Waals surface area (Å²) >= 11 is 5.61. The molecule has 0 aliphatic rings. The number of aliphatic hydroxyl groups is 1. The molecule has 9 heteroatoms. The lowest BCUT2D eigenvalue weighted by molar-refractivity contribution is 0.00376. The van der Waals surface area contributed by atoms with E-state index in [1.807, 2.05) is 6.92 Å². The summed E-state index contributed by atoms with van der Waals surface area (Å²) in [6.45, 7) is 2.05. The van der Waals surface area contributed by atoms with Crippen LogP contribution in [0.25, 0.3) is 0 Å². The molecule has 0 bridgehead atoms. The second kappa shape index (κ2) is 6.45. The molecule has 0 radical (unpaired) electrons. The molecule has 1 aromatic heterocycles.